The van der Waals surface area contributed by atoms with Gasteiger partial charge < -0.3 is 11.1 Å². The molecule has 108 valence electrons. The summed E-state index contributed by atoms with van der Waals surface area (Å²) in [5, 5.41) is 2.74. The van der Waals surface area contributed by atoms with E-state index in [9.17, 15) is 9.59 Å². The molecular weight excluding hydrogens is 264 g/mol. The third-order valence-electron chi connectivity index (χ3n) is 3.32. The monoisotopic (exact) mass is 282 g/mol. The van der Waals surface area contributed by atoms with Crippen molar-refractivity contribution in [1.29, 1.82) is 0 Å². The minimum Gasteiger partial charge on any atom is -0.366 e. The van der Waals surface area contributed by atoms with E-state index in [0.717, 1.165) is 16.7 Å². The molecule has 0 aliphatic rings. The van der Waals surface area contributed by atoms with Crippen LogP contribution in [0.3, 0.4) is 0 Å². The fourth-order valence-corrected chi connectivity index (χ4v) is 2.22. The summed E-state index contributed by atoms with van der Waals surface area (Å²) in [4.78, 5) is 23.5. The maximum absolute atomic E-state index is 12.1. The van der Waals surface area contributed by atoms with E-state index in [-0.39, 0.29) is 12.3 Å². The van der Waals surface area contributed by atoms with E-state index in [1.54, 1.807) is 24.3 Å². The van der Waals surface area contributed by atoms with Gasteiger partial charge in [0, 0.05) is 0 Å². The van der Waals surface area contributed by atoms with Crippen LogP contribution < -0.4 is 11.1 Å². The number of primary amides is 1. The van der Waals surface area contributed by atoms with Crippen molar-refractivity contribution in [2.24, 2.45) is 5.73 Å². The van der Waals surface area contributed by atoms with Gasteiger partial charge in [0.05, 0.1) is 17.7 Å². The van der Waals surface area contributed by atoms with Gasteiger partial charge in [-0.05, 0) is 37.1 Å². The number of nitrogens with one attached hydrogen (secondary N) is 1. The van der Waals surface area contributed by atoms with Crippen LogP contribution in [0.1, 0.15) is 27.0 Å². The molecule has 0 aromatic heterocycles. The minimum atomic E-state index is -0.558. The van der Waals surface area contributed by atoms with Gasteiger partial charge in [0.2, 0.25) is 5.91 Å². The molecule has 3 N–H and O–H groups in total. The van der Waals surface area contributed by atoms with E-state index < -0.39 is 5.91 Å². The lowest BCUT2D eigenvalue weighted by Gasteiger charge is -2.10. The normalized spacial score (nSPS) is 10.2. The van der Waals surface area contributed by atoms with Crippen LogP contribution in [0, 0.1) is 13.8 Å². The predicted octanol–water partition coefficient (Wildman–Crippen LogP) is 2.58. The van der Waals surface area contributed by atoms with E-state index in [1.165, 1.54) is 0 Å². The minimum absolute atomic E-state index is 0.171. The van der Waals surface area contributed by atoms with Crippen molar-refractivity contribution >= 4 is 17.5 Å². The quantitative estimate of drug-likeness (QED) is 0.904. The molecule has 0 bridgehead atoms. The SMILES string of the molecule is Cc1ccc(CC(=O)Nc2ccccc2C(N)=O)c(C)c1. The maximum Gasteiger partial charge on any atom is 0.250 e. The van der Waals surface area contributed by atoms with Crippen molar-refractivity contribution < 1.29 is 9.59 Å². The standard InChI is InChI=1S/C17H18N2O2/c1-11-7-8-13(12(2)9-11)10-16(20)19-15-6-4-3-5-14(15)17(18)21/h3-9H,10H2,1-2H3,(H2,18,21)(H,19,20). The zero-order valence-electron chi connectivity index (χ0n) is 12.1. The van der Waals surface area contributed by atoms with Crippen LogP contribution in [0.4, 0.5) is 5.69 Å². The molecule has 0 heterocycles. The second kappa shape index (κ2) is 6.22. The number of anilines is 1. The van der Waals surface area contributed by atoms with Crippen molar-refractivity contribution in [3.63, 3.8) is 0 Å². The molecular formula is C17H18N2O2. The number of hydrogen-bond donors (Lipinski definition) is 2. The van der Waals surface area contributed by atoms with E-state index in [1.807, 2.05) is 32.0 Å². The van der Waals surface area contributed by atoms with E-state index >= 15 is 0 Å². The van der Waals surface area contributed by atoms with Gasteiger partial charge in [0.25, 0.3) is 5.91 Å². The molecule has 0 saturated heterocycles. The number of aryl methyl sites for hydroxylation is 2. The number of amides is 2. The number of hydrogen-bond acceptors (Lipinski definition) is 2. The molecule has 4 heteroatoms. The highest BCUT2D eigenvalue weighted by Crippen LogP contribution is 2.16. The average Bonchev–Trinajstić information content (AvgIpc) is 2.42. The van der Waals surface area contributed by atoms with E-state index in [0.29, 0.717) is 11.3 Å². The lowest BCUT2D eigenvalue weighted by atomic mass is 10.0. The Labute approximate surface area is 124 Å². The first-order valence-corrected chi connectivity index (χ1v) is 6.72. The van der Waals surface area contributed by atoms with Gasteiger partial charge >= 0.3 is 0 Å². The van der Waals surface area contributed by atoms with Gasteiger partial charge in [-0.2, -0.15) is 0 Å². The summed E-state index contributed by atoms with van der Waals surface area (Å²) < 4.78 is 0. The molecule has 0 atom stereocenters. The molecule has 0 unspecified atom stereocenters. The van der Waals surface area contributed by atoms with Crippen LogP contribution in [0.15, 0.2) is 42.5 Å². The Balaban J connectivity index is 2.14. The molecule has 0 fully saturated rings. The second-order valence-corrected chi connectivity index (χ2v) is 5.06. The molecule has 4 nitrogen and oxygen atoms in total. The Kier molecular flexibility index (Phi) is 4.38. The smallest absolute Gasteiger partial charge is 0.250 e. The van der Waals surface area contributed by atoms with Crippen LogP contribution >= 0.6 is 0 Å². The first kappa shape index (κ1) is 14.8. The number of rotatable bonds is 4. The zero-order chi connectivity index (χ0) is 15.4. The summed E-state index contributed by atoms with van der Waals surface area (Å²) in [5.41, 5.74) is 9.26. The van der Waals surface area contributed by atoms with Gasteiger partial charge in [-0.15, -0.1) is 0 Å². The van der Waals surface area contributed by atoms with Crippen molar-refractivity contribution in [2.75, 3.05) is 5.32 Å². The van der Waals surface area contributed by atoms with Crippen molar-refractivity contribution in [2.45, 2.75) is 20.3 Å². The van der Waals surface area contributed by atoms with Gasteiger partial charge in [-0.3, -0.25) is 9.59 Å². The highest BCUT2D eigenvalue weighted by molar-refractivity contribution is 6.03. The maximum atomic E-state index is 12.1. The van der Waals surface area contributed by atoms with Crippen molar-refractivity contribution in [1.82, 2.24) is 0 Å². The Morgan fingerprint density at radius 2 is 1.81 bits per heavy atom. The van der Waals surface area contributed by atoms with E-state index in [4.69, 9.17) is 5.73 Å². The van der Waals surface area contributed by atoms with E-state index in [2.05, 4.69) is 5.32 Å². The summed E-state index contributed by atoms with van der Waals surface area (Å²) in [6.45, 7) is 3.99. The number of para-hydroxylation sites is 1. The van der Waals surface area contributed by atoms with Crippen LogP contribution in [0.25, 0.3) is 0 Å². The molecule has 2 rings (SSSR count). The summed E-state index contributed by atoms with van der Waals surface area (Å²) in [6.07, 6.45) is 0.263. The van der Waals surface area contributed by atoms with Crippen molar-refractivity contribution in [3.8, 4) is 0 Å². The highest BCUT2D eigenvalue weighted by Gasteiger charge is 2.11. The topological polar surface area (TPSA) is 72.2 Å². The fraction of sp³-hybridized carbons (Fsp3) is 0.176. The molecule has 0 aliphatic heterocycles. The summed E-state index contributed by atoms with van der Waals surface area (Å²) in [6, 6.07) is 12.7. The summed E-state index contributed by atoms with van der Waals surface area (Å²) >= 11 is 0. The van der Waals surface area contributed by atoms with Crippen molar-refractivity contribution in [3.05, 3.63) is 64.7 Å². The molecule has 0 spiro atoms. The Morgan fingerprint density at radius 1 is 1.10 bits per heavy atom. The Bertz CT molecular complexity index is 693. The molecule has 21 heavy (non-hydrogen) atoms. The van der Waals surface area contributed by atoms with Crippen LogP contribution in [-0.2, 0) is 11.2 Å². The first-order valence-electron chi connectivity index (χ1n) is 6.72. The molecule has 0 aliphatic carbocycles. The first-order chi connectivity index (χ1) is 9.97. The Hall–Kier alpha value is -2.62. The lowest BCUT2D eigenvalue weighted by molar-refractivity contribution is -0.115. The average molecular weight is 282 g/mol. The third kappa shape index (κ3) is 3.69. The molecule has 2 aromatic rings. The molecule has 2 amide bonds. The molecule has 2 aromatic carbocycles. The number of nitrogens with two attached hydrogens (primary N) is 1. The predicted molar refractivity (Wildman–Crippen MR) is 83.2 cm³/mol. The van der Waals surface area contributed by atoms with Gasteiger partial charge in [-0.25, -0.2) is 0 Å². The second-order valence-electron chi connectivity index (χ2n) is 5.06. The molecule has 0 saturated carbocycles. The number of carbonyl (C=O) groups excluding carboxylic acids is 2. The lowest BCUT2D eigenvalue weighted by Crippen LogP contribution is -2.19. The molecule has 0 radical (unpaired) electrons. The van der Waals surface area contributed by atoms with Crippen LogP contribution in [-0.4, -0.2) is 11.8 Å². The summed E-state index contributed by atoms with van der Waals surface area (Å²) in [7, 11) is 0. The third-order valence-corrected chi connectivity index (χ3v) is 3.32. The summed E-state index contributed by atoms with van der Waals surface area (Å²) in [5.74, 6) is -0.729. The highest BCUT2D eigenvalue weighted by atomic mass is 16.2. The zero-order valence-corrected chi connectivity index (χ0v) is 12.1. The van der Waals surface area contributed by atoms with Gasteiger partial charge in [0.15, 0.2) is 0 Å². The Morgan fingerprint density at radius 3 is 2.48 bits per heavy atom. The fourth-order valence-electron chi connectivity index (χ4n) is 2.22. The van der Waals surface area contributed by atoms with Crippen LogP contribution in [0.2, 0.25) is 0 Å². The van der Waals surface area contributed by atoms with Gasteiger partial charge in [-0.1, -0.05) is 35.9 Å². The number of benzene rings is 2. The van der Waals surface area contributed by atoms with Crippen LogP contribution in [0.5, 0.6) is 0 Å². The number of carbonyl (C=O) groups is 2. The van der Waals surface area contributed by atoms with Gasteiger partial charge in [0.1, 0.15) is 0 Å². The largest absolute Gasteiger partial charge is 0.366 e.